The number of nitrogens with one attached hydrogen (secondary N) is 2. The zero-order chi connectivity index (χ0) is 20.1. The SMILES string of the molecule is CCNC(=NCC(=O)N1CCc2sccc2C1)NCC1(Sc2ccccc2)CC1.I. The molecule has 2 N–H and O–H groups in total. The summed E-state index contributed by atoms with van der Waals surface area (Å²) in [7, 11) is 0. The van der Waals surface area contributed by atoms with Crippen LogP contribution in [-0.4, -0.2) is 47.7 Å². The van der Waals surface area contributed by atoms with E-state index in [9.17, 15) is 4.79 Å². The predicted molar refractivity (Wildman–Crippen MR) is 137 cm³/mol. The van der Waals surface area contributed by atoms with Crippen LogP contribution < -0.4 is 10.6 Å². The molecule has 1 aliphatic carbocycles. The van der Waals surface area contributed by atoms with E-state index in [-0.39, 0.29) is 41.2 Å². The second-order valence-electron chi connectivity index (χ2n) is 7.58. The number of benzene rings is 1. The number of fused-ring (bicyclic) bond motifs is 1. The van der Waals surface area contributed by atoms with Crippen molar-refractivity contribution in [3.63, 3.8) is 0 Å². The molecular weight excluding hydrogens is 527 g/mol. The van der Waals surface area contributed by atoms with E-state index in [2.05, 4.69) is 57.4 Å². The molecule has 0 spiro atoms. The lowest BCUT2D eigenvalue weighted by molar-refractivity contribution is -0.130. The fraction of sp³-hybridized carbons (Fsp3) is 0.455. The van der Waals surface area contributed by atoms with Crippen molar-refractivity contribution in [1.82, 2.24) is 15.5 Å². The molecule has 0 saturated heterocycles. The fourth-order valence-corrected chi connectivity index (χ4v) is 5.62. The van der Waals surface area contributed by atoms with E-state index in [0.29, 0.717) is 6.54 Å². The Balaban J connectivity index is 0.00000256. The van der Waals surface area contributed by atoms with E-state index in [4.69, 9.17) is 0 Å². The van der Waals surface area contributed by atoms with Crippen LogP contribution in [0.3, 0.4) is 0 Å². The number of hydrogen-bond acceptors (Lipinski definition) is 4. The molecule has 1 aromatic heterocycles. The van der Waals surface area contributed by atoms with Crippen LogP contribution in [0.25, 0.3) is 0 Å². The van der Waals surface area contributed by atoms with Gasteiger partial charge in [-0.15, -0.1) is 47.1 Å². The van der Waals surface area contributed by atoms with Crippen molar-refractivity contribution in [2.75, 3.05) is 26.2 Å². The van der Waals surface area contributed by atoms with Crippen molar-refractivity contribution in [3.05, 3.63) is 52.2 Å². The van der Waals surface area contributed by atoms with Crippen LogP contribution in [0, 0.1) is 0 Å². The molecule has 1 saturated carbocycles. The van der Waals surface area contributed by atoms with Gasteiger partial charge in [-0.3, -0.25) is 4.79 Å². The Morgan fingerprint density at radius 3 is 2.77 bits per heavy atom. The highest BCUT2D eigenvalue weighted by atomic mass is 127. The minimum atomic E-state index is 0. The smallest absolute Gasteiger partial charge is 0.244 e. The molecule has 2 heterocycles. The molecule has 1 amide bonds. The molecule has 0 radical (unpaired) electrons. The maximum atomic E-state index is 12.7. The molecule has 8 heteroatoms. The third-order valence-corrected chi connectivity index (χ3v) is 7.86. The van der Waals surface area contributed by atoms with Gasteiger partial charge in [0.1, 0.15) is 6.54 Å². The number of thioether (sulfide) groups is 1. The standard InChI is InChI=1S/C22H28N4OS2.HI/c1-2-23-21(25-16-22(10-11-22)29-18-6-4-3-5-7-18)24-14-20(27)26-12-8-19-17(15-26)9-13-28-19;/h3-7,9,13H,2,8,10-12,14-16H2,1H3,(H2,23,24,25);1H. The van der Waals surface area contributed by atoms with Crippen LogP contribution in [0.5, 0.6) is 0 Å². The number of thiophene rings is 1. The van der Waals surface area contributed by atoms with Crippen LogP contribution in [-0.2, 0) is 17.8 Å². The molecule has 5 nitrogen and oxygen atoms in total. The Kier molecular flexibility index (Phi) is 8.47. The summed E-state index contributed by atoms with van der Waals surface area (Å²) >= 11 is 3.73. The molecule has 1 fully saturated rings. The van der Waals surface area contributed by atoms with Gasteiger partial charge in [0.2, 0.25) is 5.91 Å². The van der Waals surface area contributed by atoms with Gasteiger partial charge in [0.25, 0.3) is 0 Å². The maximum absolute atomic E-state index is 12.7. The first-order chi connectivity index (χ1) is 14.2. The van der Waals surface area contributed by atoms with Crippen LogP contribution >= 0.6 is 47.1 Å². The Bertz CT molecular complexity index is 867. The van der Waals surface area contributed by atoms with Gasteiger partial charge in [0.05, 0.1) is 0 Å². The van der Waals surface area contributed by atoms with Crippen molar-refractivity contribution >= 4 is 58.9 Å². The summed E-state index contributed by atoms with van der Waals surface area (Å²) in [5, 5.41) is 8.86. The van der Waals surface area contributed by atoms with Gasteiger partial charge >= 0.3 is 0 Å². The number of amides is 1. The topological polar surface area (TPSA) is 56.7 Å². The lowest BCUT2D eigenvalue weighted by atomic mass is 10.1. The van der Waals surface area contributed by atoms with E-state index < -0.39 is 0 Å². The van der Waals surface area contributed by atoms with E-state index in [1.165, 1.54) is 28.2 Å². The number of carbonyl (C=O) groups excluding carboxylic acids is 1. The highest BCUT2D eigenvalue weighted by molar-refractivity contribution is 14.0. The van der Waals surface area contributed by atoms with Gasteiger partial charge in [0, 0.05) is 40.7 Å². The number of aliphatic imine (C=N–C) groups is 1. The van der Waals surface area contributed by atoms with Crippen LogP contribution in [0.2, 0.25) is 0 Å². The summed E-state index contributed by atoms with van der Waals surface area (Å²) in [5.74, 6) is 0.827. The van der Waals surface area contributed by atoms with Crippen molar-refractivity contribution < 1.29 is 4.79 Å². The van der Waals surface area contributed by atoms with Gasteiger partial charge in [-0.25, -0.2) is 4.99 Å². The minimum Gasteiger partial charge on any atom is -0.357 e. The number of halogens is 1. The van der Waals surface area contributed by atoms with Crippen molar-refractivity contribution in [1.29, 1.82) is 0 Å². The van der Waals surface area contributed by atoms with Gasteiger partial charge in [-0.2, -0.15) is 0 Å². The Hall–Kier alpha value is -1.26. The lowest BCUT2D eigenvalue weighted by Crippen LogP contribution is -2.42. The van der Waals surface area contributed by atoms with E-state index >= 15 is 0 Å². The number of guanidine groups is 1. The van der Waals surface area contributed by atoms with Crippen LogP contribution in [0.4, 0.5) is 0 Å². The van der Waals surface area contributed by atoms with Gasteiger partial charge in [0.15, 0.2) is 5.96 Å². The molecule has 4 rings (SSSR count). The van der Waals surface area contributed by atoms with Crippen molar-refractivity contribution in [3.8, 4) is 0 Å². The Labute approximate surface area is 204 Å². The first-order valence-electron chi connectivity index (χ1n) is 10.3. The Morgan fingerprint density at radius 2 is 2.03 bits per heavy atom. The van der Waals surface area contributed by atoms with Crippen LogP contribution in [0.15, 0.2) is 51.7 Å². The summed E-state index contributed by atoms with van der Waals surface area (Å²) in [6, 6.07) is 12.7. The summed E-state index contributed by atoms with van der Waals surface area (Å²) < 4.78 is 0.240. The van der Waals surface area contributed by atoms with Crippen molar-refractivity contribution in [2.45, 2.75) is 42.4 Å². The molecular formula is C22H29IN4OS2. The number of hydrogen-bond donors (Lipinski definition) is 2. The number of nitrogens with zero attached hydrogens (tertiary/aromatic N) is 2. The molecule has 30 heavy (non-hydrogen) atoms. The average Bonchev–Trinajstić information content (AvgIpc) is 3.34. The summed E-state index contributed by atoms with van der Waals surface area (Å²) in [6.07, 6.45) is 3.36. The lowest BCUT2D eigenvalue weighted by Gasteiger charge is -2.26. The molecule has 0 unspecified atom stereocenters. The monoisotopic (exact) mass is 556 g/mol. The highest BCUT2D eigenvalue weighted by Crippen LogP contribution is 2.51. The molecule has 2 aromatic rings. The minimum absolute atomic E-state index is 0. The third kappa shape index (κ3) is 6.13. The molecule has 0 bridgehead atoms. The van der Waals surface area contributed by atoms with Crippen molar-refractivity contribution in [2.24, 2.45) is 4.99 Å². The largest absolute Gasteiger partial charge is 0.357 e. The molecule has 1 aromatic carbocycles. The third-order valence-electron chi connectivity index (χ3n) is 5.34. The molecule has 0 atom stereocenters. The summed E-state index contributed by atoms with van der Waals surface area (Å²) in [6.45, 7) is 5.38. The second kappa shape index (κ2) is 10.9. The van der Waals surface area contributed by atoms with Crippen LogP contribution in [0.1, 0.15) is 30.2 Å². The fourth-order valence-electron chi connectivity index (χ4n) is 3.49. The molecule has 2 aliphatic rings. The second-order valence-corrected chi connectivity index (χ2v) is 10.1. The predicted octanol–water partition coefficient (Wildman–Crippen LogP) is 4.13. The normalized spacial score (nSPS) is 17.0. The van der Waals surface area contributed by atoms with Gasteiger partial charge in [-0.05, 0) is 55.3 Å². The first kappa shape index (κ1) is 23.4. The first-order valence-corrected chi connectivity index (χ1v) is 12.0. The van der Waals surface area contributed by atoms with Gasteiger partial charge in [-0.1, -0.05) is 18.2 Å². The summed E-state index contributed by atoms with van der Waals surface area (Å²) in [5.41, 5.74) is 1.29. The molecule has 162 valence electrons. The number of rotatable bonds is 7. The van der Waals surface area contributed by atoms with E-state index in [0.717, 1.165) is 32.0 Å². The van der Waals surface area contributed by atoms with Gasteiger partial charge < -0.3 is 15.5 Å². The zero-order valence-corrected chi connectivity index (χ0v) is 21.2. The maximum Gasteiger partial charge on any atom is 0.244 e. The average molecular weight is 557 g/mol. The van der Waals surface area contributed by atoms with E-state index in [1.54, 1.807) is 11.3 Å². The van der Waals surface area contributed by atoms with E-state index in [1.807, 2.05) is 23.6 Å². The Morgan fingerprint density at radius 1 is 1.23 bits per heavy atom. The quantitative estimate of drug-likeness (QED) is 0.306. The molecule has 1 aliphatic heterocycles. The highest BCUT2D eigenvalue weighted by Gasteiger charge is 2.43. The zero-order valence-electron chi connectivity index (χ0n) is 17.2. The summed E-state index contributed by atoms with van der Waals surface area (Å²) in [4.78, 5) is 21.9. The number of carbonyl (C=O) groups is 1.